The van der Waals surface area contributed by atoms with E-state index in [1.807, 2.05) is 0 Å². The van der Waals surface area contributed by atoms with Gasteiger partial charge >= 0.3 is 7.82 Å². The second kappa shape index (κ2) is 6.25. The highest BCUT2D eigenvalue weighted by Gasteiger charge is 2.44. The minimum atomic E-state index is -4.79. The minimum absolute atomic E-state index is 0.642. The van der Waals surface area contributed by atoms with Crippen LogP contribution < -0.4 is 5.32 Å². The van der Waals surface area contributed by atoms with Gasteiger partial charge in [0.2, 0.25) is 5.91 Å². The van der Waals surface area contributed by atoms with E-state index in [0.29, 0.717) is 0 Å². The fourth-order valence-electron chi connectivity index (χ4n) is 1.60. The molecule has 0 saturated carbocycles. The molecule has 0 aromatic rings. The van der Waals surface area contributed by atoms with Gasteiger partial charge < -0.3 is 35.2 Å². The highest BCUT2D eigenvalue weighted by molar-refractivity contribution is 7.46. The monoisotopic (exact) mass is 302 g/mol. The molecule has 112 valence electrons. The molecule has 10 nitrogen and oxygen atoms in total. The molecule has 1 aliphatic rings. The van der Waals surface area contributed by atoms with Crippen molar-refractivity contribution < 1.29 is 45.1 Å². The number of phosphoric ester groups is 1. The summed E-state index contributed by atoms with van der Waals surface area (Å²) >= 11 is 0. The Kier molecular flexibility index (Phi) is 4.87. The van der Waals surface area contributed by atoms with Gasteiger partial charge in [0.1, 0.15) is 24.4 Å². The van der Waals surface area contributed by atoms with Gasteiger partial charge in [-0.25, -0.2) is 4.57 Å². The molecule has 5 atom stereocenters. The van der Waals surface area contributed by atoms with E-state index >= 15 is 0 Å². The summed E-state index contributed by atoms with van der Waals surface area (Å²) in [5.74, 6) is -0.797. The van der Waals surface area contributed by atoms with Crippen molar-refractivity contribution >= 4 is 13.7 Å². The summed E-state index contributed by atoms with van der Waals surface area (Å²) in [4.78, 5) is 28.1. The van der Waals surface area contributed by atoms with Crippen molar-refractivity contribution in [2.75, 3.05) is 6.61 Å². The Hall–Kier alpha value is -0.580. The SMILES string of the molecule is [2H]CC(=O)N[C@H]1C(O)O[C@H](COP(=O)(O)O)[C@@H](O)[C@@H]1O. The van der Waals surface area contributed by atoms with Crippen LogP contribution in [0.1, 0.15) is 8.27 Å². The highest BCUT2D eigenvalue weighted by Crippen LogP contribution is 2.36. The van der Waals surface area contributed by atoms with Crippen molar-refractivity contribution in [3.63, 3.8) is 0 Å². The Labute approximate surface area is 109 Å². The van der Waals surface area contributed by atoms with Gasteiger partial charge in [0, 0.05) is 8.27 Å². The molecule has 1 aliphatic heterocycles. The van der Waals surface area contributed by atoms with Crippen LogP contribution in [-0.4, -0.2) is 68.3 Å². The van der Waals surface area contributed by atoms with E-state index in [9.17, 15) is 24.7 Å². The molecule has 0 aliphatic carbocycles. The maximum Gasteiger partial charge on any atom is 0.469 e. The van der Waals surface area contributed by atoms with Gasteiger partial charge in [-0.3, -0.25) is 9.32 Å². The fraction of sp³-hybridized carbons (Fsp3) is 0.875. The maximum atomic E-state index is 11.0. The number of phosphoric acid groups is 1. The van der Waals surface area contributed by atoms with Crippen LogP contribution in [-0.2, 0) is 18.6 Å². The molecule has 11 heteroatoms. The molecule has 19 heavy (non-hydrogen) atoms. The average molecular weight is 302 g/mol. The maximum absolute atomic E-state index is 11.0. The predicted octanol–water partition coefficient (Wildman–Crippen LogP) is -2.96. The average Bonchev–Trinajstić information content (AvgIpc) is 2.36. The predicted molar refractivity (Wildman–Crippen MR) is 58.5 cm³/mol. The Morgan fingerprint density at radius 1 is 1.42 bits per heavy atom. The highest BCUT2D eigenvalue weighted by atomic mass is 31.2. The lowest BCUT2D eigenvalue weighted by Gasteiger charge is -2.40. The van der Waals surface area contributed by atoms with Gasteiger partial charge in [0.25, 0.3) is 0 Å². The quantitative estimate of drug-likeness (QED) is 0.297. The molecule has 0 aromatic heterocycles. The lowest BCUT2D eigenvalue weighted by Crippen LogP contribution is -2.64. The number of aliphatic hydroxyl groups excluding tert-OH is 3. The summed E-state index contributed by atoms with van der Waals surface area (Å²) in [6.07, 6.45) is -6.42. The van der Waals surface area contributed by atoms with Crippen LogP contribution in [0.25, 0.3) is 0 Å². The number of rotatable bonds is 4. The zero-order valence-electron chi connectivity index (χ0n) is 10.6. The van der Waals surface area contributed by atoms with Crippen molar-refractivity contribution in [2.45, 2.75) is 37.5 Å². The minimum Gasteiger partial charge on any atom is -0.388 e. The first-order chi connectivity index (χ1) is 9.15. The van der Waals surface area contributed by atoms with Gasteiger partial charge in [-0.1, -0.05) is 0 Å². The van der Waals surface area contributed by atoms with E-state index in [1.54, 1.807) is 0 Å². The summed E-state index contributed by atoms with van der Waals surface area (Å²) in [5.41, 5.74) is 0. The van der Waals surface area contributed by atoms with Gasteiger partial charge in [0.15, 0.2) is 6.29 Å². The topological polar surface area (TPSA) is 166 Å². The van der Waals surface area contributed by atoms with Crippen LogP contribution in [0, 0.1) is 0 Å². The summed E-state index contributed by atoms with van der Waals surface area (Å²) in [6, 6.07) is -1.37. The van der Waals surface area contributed by atoms with E-state index in [2.05, 4.69) is 9.84 Å². The molecule has 1 saturated heterocycles. The Bertz CT molecular complexity index is 390. The number of aliphatic hydroxyl groups is 3. The van der Waals surface area contributed by atoms with E-state index in [-0.39, 0.29) is 0 Å². The van der Waals surface area contributed by atoms with Gasteiger partial charge in [-0.15, -0.1) is 0 Å². The van der Waals surface area contributed by atoms with Crippen molar-refractivity contribution in [3.8, 4) is 0 Å². The lowest BCUT2D eigenvalue weighted by atomic mass is 9.97. The first kappa shape index (κ1) is 14.8. The van der Waals surface area contributed by atoms with Crippen LogP contribution in [0.4, 0.5) is 0 Å². The molecule has 0 bridgehead atoms. The number of nitrogens with one attached hydrogen (secondary N) is 1. The molecule has 1 unspecified atom stereocenters. The van der Waals surface area contributed by atoms with Crippen LogP contribution in [0.2, 0.25) is 0 Å². The van der Waals surface area contributed by atoms with Crippen LogP contribution in [0.3, 0.4) is 0 Å². The number of hydrogen-bond acceptors (Lipinski definition) is 7. The van der Waals surface area contributed by atoms with Crippen LogP contribution in [0.5, 0.6) is 0 Å². The summed E-state index contributed by atoms with van der Waals surface area (Å²) in [6.45, 7) is -1.41. The summed E-state index contributed by atoms with van der Waals surface area (Å²) < 4.78 is 26.3. The zero-order chi connectivity index (χ0) is 15.5. The van der Waals surface area contributed by atoms with E-state index in [1.165, 1.54) is 0 Å². The smallest absolute Gasteiger partial charge is 0.388 e. The number of hydrogen-bond donors (Lipinski definition) is 6. The van der Waals surface area contributed by atoms with Gasteiger partial charge in [-0.05, 0) is 0 Å². The van der Waals surface area contributed by atoms with Crippen molar-refractivity contribution in [2.24, 2.45) is 0 Å². The molecule has 6 N–H and O–H groups in total. The molecule has 1 rings (SSSR count). The third-order valence-corrected chi connectivity index (χ3v) is 2.94. The van der Waals surface area contributed by atoms with Crippen molar-refractivity contribution in [1.29, 1.82) is 0 Å². The van der Waals surface area contributed by atoms with E-state index < -0.39 is 57.9 Å². The first-order valence-corrected chi connectivity index (χ1v) is 6.67. The molecule has 1 amide bonds. The molecule has 0 spiro atoms. The summed E-state index contributed by atoms with van der Waals surface area (Å²) in [7, 11) is -4.79. The third-order valence-electron chi connectivity index (χ3n) is 2.45. The zero-order valence-corrected chi connectivity index (χ0v) is 10.5. The first-order valence-electron chi connectivity index (χ1n) is 5.84. The van der Waals surface area contributed by atoms with Gasteiger partial charge in [0.05, 0.1) is 6.61 Å². The Morgan fingerprint density at radius 3 is 2.58 bits per heavy atom. The number of ether oxygens (including phenoxy) is 1. The molecule has 0 radical (unpaired) electrons. The van der Waals surface area contributed by atoms with E-state index in [0.717, 1.165) is 0 Å². The number of amides is 1. The summed E-state index contributed by atoms with van der Waals surface area (Å²) in [5, 5.41) is 31.1. The standard InChI is InChI=1S/C8H16NO9P/c1-3(10)9-5-7(12)6(11)4(18-8(5)13)2-17-19(14,15)16/h4-8,11-13H,2H2,1H3,(H,9,10)(H2,14,15,16)/t4-,5-,6-,7-,8?/m1/s1/i1D. The van der Waals surface area contributed by atoms with Gasteiger partial charge in [-0.2, -0.15) is 0 Å². The molecule has 0 aromatic carbocycles. The third kappa shape index (κ3) is 4.79. The van der Waals surface area contributed by atoms with Crippen molar-refractivity contribution in [3.05, 3.63) is 0 Å². The fourth-order valence-corrected chi connectivity index (χ4v) is 1.94. The Balaban J connectivity index is 2.66. The van der Waals surface area contributed by atoms with Crippen molar-refractivity contribution in [1.82, 2.24) is 5.32 Å². The van der Waals surface area contributed by atoms with Crippen LogP contribution in [0.15, 0.2) is 0 Å². The molecule has 1 heterocycles. The molecular weight excluding hydrogens is 285 g/mol. The number of carbonyl (C=O) groups excluding carboxylic acids is 1. The van der Waals surface area contributed by atoms with Crippen LogP contribution >= 0.6 is 7.82 Å². The second-order valence-electron chi connectivity index (χ2n) is 3.93. The normalized spacial score (nSPS) is 36.7. The van der Waals surface area contributed by atoms with E-state index in [4.69, 9.17) is 15.9 Å². The molecule has 1 fully saturated rings. The largest absolute Gasteiger partial charge is 0.469 e. The molecular formula is C8H16NO9P. The number of carbonyl (C=O) groups is 1. The second-order valence-corrected chi connectivity index (χ2v) is 5.17. The lowest BCUT2D eigenvalue weighted by molar-refractivity contribution is -0.252. The Morgan fingerprint density at radius 2 is 2.05 bits per heavy atom.